The smallest absolute Gasteiger partial charge is 0.101 e. The number of nitrogens with one attached hydrogen (secondary N) is 1. The maximum Gasteiger partial charge on any atom is 0.101 e. The van der Waals surface area contributed by atoms with E-state index in [2.05, 4.69) is 10.4 Å². The van der Waals surface area contributed by atoms with Crippen molar-refractivity contribution in [1.29, 1.82) is 0 Å². The van der Waals surface area contributed by atoms with Crippen molar-refractivity contribution in [2.24, 2.45) is 0 Å². The Kier molecular flexibility index (Phi) is 2.61. The maximum absolute atomic E-state index is 8.74. The van der Waals surface area contributed by atoms with Gasteiger partial charge in [-0.25, -0.2) is 0 Å². The van der Waals surface area contributed by atoms with Gasteiger partial charge in [-0.2, -0.15) is 5.10 Å². The maximum atomic E-state index is 8.74. The van der Waals surface area contributed by atoms with Gasteiger partial charge in [-0.15, -0.1) is 0 Å². The minimum atomic E-state index is 0.198. The first-order valence-corrected chi connectivity index (χ1v) is 4.77. The van der Waals surface area contributed by atoms with E-state index in [4.69, 9.17) is 5.11 Å². The summed E-state index contributed by atoms with van der Waals surface area (Å²) in [4.78, 5) is 0. The summed E-state index contributed by atoms with van der Waals surface area (Å²) >= 11 is 0. The molecule has 1 saturated heterocycles. The van der Waals surface area contributed by atoms with Gasteiger partial charge in [0, 0.05) is 12.8 Å². The molecule has 0 spiro atoms. The summed E-state index contributed by atoms with van der Waals surface area (Å²) in [6.07, 6.45) is 7.29. The second-order valence-corrected chi connectivity index (χ2v) is 3.41. The Bertz CT molecular complexity index is 266. The van der Waals surface area contributed by atoms with Crippen LogP contribution >= 0.6 is 0 Å². The predicted molar refractivity (Wildman–Crippen MR) is 49.3 cm³/mol. The van der Waals surface area contributed by atoms with Gasteiger partial charge in [0.2, 0.25) is 0 Å². The molecule has 4 nitrogen and oxygen atoms in total. The molecule has 1 aliphatic rings. The van der Waals surface area contributed by atoms with E-state index in [-0.39, 0.29) is 6.61 Å². The first-order chi connectivity index (χ1) is 6.40. The minimum Gasteiger partial charge on any atom is -0.396 e. The van der Waals surface area contributed by atoms with Crippen molar-refractivity contribution in [3.63, 3.8) is 0 Å². The van der Waals surface area contributed by atoms with Crippen LogP contribution in [-0.2, 0) is 6.42 Å². The fraction of sp³-hybridized carbons (Fsp3) is 0.667. The molecule has 1 atom stereocenters. The fourth-order valence-corrected chi connectivity index (χ4v) is 1.70. The molecule has 0 radical (unpaired) electrons. The van der Waals surface area contributed by atoms with Crippen molar-refractivity contribution in [2.75, 3.05) is 13.2 Å². The van der Waals surface area contributed by atoms with E-state index in [1.165, 1.54) is 6.42 Å². The second kappa shape index (κ2) is 3.89. The third kappa shape index (κ3) is 1.89. The molecule has 13 heavy (non-hydrogen) atoms. The minimum absolute atomic E-state index is 0.198. The molecule has 1 aromatic rings. The standard InChI is InChI=1S/C9H15N3O/c13-5-3-8-6-11-12(7-8)9-2-1-4-10-9/h6-7,9-10,13H,1-5H2. The highest BCUT2D eigenvalue weighted by Crippen LogP contribution is 2.15. The number of rotatable bonds is 3. The first kappa shape index (κ1) is 8.72. The highest BCUT2D eigenvalue weighted by molar-refractivity contribution is 5.04. The Morgan fingerprint density at radius 2 is 2.62 bits per heavy atom. The average molecular weight is 181 g/mol. The van der Waals surface area contributed by atoms with Crippen LogP contribution in [0, 0.1) is 0 Å². The number of nitrogens with zero attached hydrogens (tertiary/aromatic N) is 2. The van der Waals surface area contributed by atoms with Gasteiger partial charge in [0.1, 0.15) is 6.17 Å². The molecule has 4 heteroatoms. The van der Waals surface area contributed by atoms with E-state index in [0.717, 1.165) is 18.5 Å². The van der Waals surface area contributed by atoms with Crippen molar-refractivity contribution in [1.82, 2.24) is 15.1 Å². The van der Waals surface area contributed by atoms with Crippen molar-refractivity contribution >= 4 is 0 Å². The molecule has 1 aliphatic heterocycles. The van der Waals surface area contributed by atoms with Crippen molar-refractivity contribution in [3.8, 4) is 0 Å². The van der Waals surface area contributed by atoms with E-state index in [0.29, 0.717) is 12.6 Å². The lowest BCUT2D eigenvalue weighted by atomic mass is 10.3. The normalized spacial score (nSPS) is 22.4. The number of hydrogen-bond donors (Lipinski definition) is 2. The van der Waals surface area contributed by atoms with Crippen LogP contribution in [0.25, 0.3) is 0 Å². The SMILES string of the molecule is OCCc1cnn(C2CCCN2)c1. The Balaban J connectivity index is 2.03. The van der Waals surface area contributed by atoms with Crippen molar-refractivity contribution < 1.29 is 5.11 Å². The summed E-state index contributed by atoms with van der Waals surface area (Å²) in [6.45, 7) is 1.28. The van der Waals surface area contributed by atoms with Gasteiger partial charge in [0.15, 0.2) is 0 Å². The lowest BCUT2D eigenvalue weighted by molar-refractivity contribution is 0.299. The summed E-state index contributed by atoms with van der Waals surface area (Å²) in [7, 11) is 0. The van der Waals surface area contributed by atoms with Crippen LogP contribution in [0.3, 0.4) is 0 Å². The van der Waals surface area contributed by atoms with Crippen molar-refractivity contribution in [2.45, 2.75) is 25.4 Å². The molecule has 1 fully saturated rings. The van der Waals surface area contributed by atoms with Gasteiger partial charge in [-0.3, -0.25) is 10.00 Å². The van der Waals surface area contributed by atoms with E-state index in [1.54, 1.807) is 0 Å². The number of aliphatic hydroxyl groups excluding tert-OH is 1. The fourth-order valence-electron chi connectivity index (χ4n) is 1.70. The van der Waals surface area contributed by atoms with Crippen molar-refractivity contribution in [3.05, 3.63) is 18.0 Å². The van der Waals surface area contributed by atoms with Gasteiger partial charge < -0.3 is 5.11 Å². The Morgan fingerprint density at radius 3 is 3.31 bits per heavy atom. The predicted octanol–water partition coefficient (Wildman–Crippen LogP) is 0.300. The molecule has 0 saturated carbocycles. The van der Waals surface area contributed by atoms with Gasteiger partial charge in [-0.05, 0) is 31.4 Å². The topological polar surface area (TPSA) is 50.1 Å². The van der Waals surface area contributed by atoms with Crippen LogP contribution in [0.1, 0.15) is 24.6 Å². The molecule has 2 heterocycles. The number of aliphatic hydroxyl groups is 1. The number of hydrogen-bond acceptors (Lipinski definition) is 3. The molecule has 2 N–H and O–H groups in total. The van der Waals surface area contributed by atoms with E-state index < -0.39 is 0 Å². The summed E-state index contributed by atoms with van der Waals surface area (Å²) < 4.78 is 1.96. The summed E-state index contributed by atoms with van der Waals surface area (Å²) in [6, 6.07) is 0. The van der Waals surface area contributed by atoms with Crippen LogP contribution in [-0.4, -0.2) is 28.0 Å². The molecule has 0 aromatic carbocycles. The zero-order chi connectivity index (χ0) is 9.10. The van der Waals surface area contributed by atoms with Crippen LogP contribution in [0.2, 0.25) is 0 Å². The monoisotopic (exact) mass is 181 g/mol. The summed E-state index contributed by atoms with van der Waals surface area (Å²) in [5, 5.41) is 16.4. The third-order valence-corrected chi connectivity index (χ3v) is 2.41. The Morgan fingerprint density at radius 1 is 1.69 bits per heavy atom. The van der Waals surface area contributed by atoms with Gasteiger partial charge >= 0.3 is 0 Å². The highest BCUT2D eigenvalue weighted by Gasteiger charge is 2.16. The summed E-state index contributed by atoms with van der Waals surface area (Å²) in [5.74, 6) is 0. The zero-order valence-corrected chi connectivity index (χ0v) is 7.61. The van der Waals surface area contributed by atoms with Crippen LogP contribution in [0.4, 0.5) is 0 Å². The zero-order valence-electron chi connectivity index (χ0n) is 7.61. The van der Waals surface area contributed by atoms with Crippen LogP contribution < -0.4 is 5.32 Å². The second-order valence-electron chi connectivity index (χ2n) is 3.41. The average Bonchev–Trinajstić information content (AvgIpc) is 2.70. The molecule has 0 aliphatic carbocycles. The van der Waals surface area contributed by atoms with Gasteiger partial charge in [-0.1, -0.05) is 0 Å². The van der Waals surface area contributed by atoms with E-state index in [9.17, 15) is 0 Å². The number of aromatic nitrogens is 2. The molecule has 0 amide bonds. The lowest BCUT2D eigenvalue weighted by Crippen LogP contribution is -2.20. The first-order valence-electron chi connectivity index (χ1n) is 4.77. The largest absolute Gasteiger partial charge is 0.396 e. The molecule has 0 bridgehead atoms. The molecule has 1 aromatic heterocycles. The molecular formula is C9H15N3O. The quantitative estimate of drug-likeness (QED) is 0.705. The molecule has 2 rings (SSSR count). The summed E-state index contributed by atoms with van der Waals surface area (Å²) in [5.41, 5.74) is 1.11. The van der Waals surface area contributed by atoms with E-state index >= 15 is 0 Å². The Labute approximate surface area is 77.6 Å². The van der Waals surface area contributed by atoms with Gasteiger partial charge in [0.25, 0.3) is 0 Å². The Hall–Kier alpha value is -0.870. The molecule has 1 unspecified atom stereocenters. The van der Waals surface area contributed by atoms with E-state index in [1.807, 2.05) is 17.1 Å². The highest BCUT2D eigenvalue weighted by atomic mass is 16.2. The lowest BCUT2D eigenvalue weighted by Gasteiger charge is -2.09. The van der Waals surface area contributed by atoms with Crippen LogP contribution in [0.15, 0.2) is 12.4 Å². The third-order valence-electron chi connectivity index (χ3n) is 2.41. The van der Waals surface area contributed by atoms with Crippen LogP contribution in [0.5, 0.6) is 0 Å². The van der Waals surface area contributed by atoms with Gasteiger partial charge in [0.05, 0.1) is 6.20 Å². The molecule has 72 valence electrons. The molecular weight excluding hydrogens is 166 g/mol.